The predicted octanol–water partition coefficient (Wildman–Crippen LogP) is 3.14. The van der Waals surface area contributed by atoms with Crippen molar-refractivity contribution in [1.82, 2.24) is 0 Å². The first-order valence-corrected chi connectivity index (χ1v) is 9.14. The number of carbonyl (C=O) groups is 3. The van der Waals surface area contributed by atoms with Crippen molar-refractivity contribution in [3.8, 4) is 0 Å². The molecule has 0 saturated carbocycles. The number of fused-ring (bicyclic) bond motifs is 1. The van der Waals surface area contributed by atoms with Gasteiger partial charge in [0.2, 0.25) is 0 Å². The first-order valence-electron chi connectivity index (χ1n) is 7.91. The molecule has 2 aliphatic rings. The Bertz CT molecular complexity index is 1080. The van der Waals surface area contributed by atoms with Gasteiger partial charge in [-0.25, -0.2) is 4.79 Å². The van der Waals surface area contributed by atoms with Gasteiger partial charge in [0.05, 0.1) is 27.4 Å². The molecular formula is C19H12N2O4S2. The summed E-state index contributed by atoms with van der Waals surface area (Å²) in [6.45, 7) is 0. The normalized spacial score (nSPS) is 19.1. The molecule has 6 nitrogen and oxygen atoms in total. The van der Waals surface area contributed by atoms with Crippen LogP contribution in [0, 0.1) is 0 Å². The second-order valence-corrected chi connectivity index (χ2v) is 7.59. The van der Waals surface area contributed by atoms with Crippen LogP contribution in [0.2, 0.25) is 0 Å². The molecule has 0 bridgehead atoms. The fourth-order valence-electron chi connectivity index (χ4n) is 3.11. The van der Waals surface area contributed by atoms with Gasteiger partial charge in [-0.2, -0.15) is 0 Å². The summed E-state index contributed by atoms with van der Waals surface area (Å²) in [5, 5.41) is 9.18. The Hall–Kier alpha value is -2.97. The third-order valence-corrected chi connectivity index (χ3v) is 5.77. The first kappa shape index (κ1) is 17.4. The fraction of sp³-hybridized carbons (Fsp3) is 0.0526. The number of aromatic carboxylic acids is 1. The molecule has 0 atom stereocenters. The van der Waals surface area contributed by atoms with E-state index in [1.165, 1.54) is 21.9 Å². The van der Waals surface area contributed by atoms with Crippen molar-refractivity contribution in [2.75, 3.05) is 16.8 Å². The largest absolute Gasteiger partial charge is 0.478 e. The molecule has 0 aromatic heterocycles. The lowest BCUT2D eigenvalue weighted by atomic mass is 10.1. The number of carboxylic acid groups (broad SMARTS) is 1. The molecule has 2 heterocycles. The number of benzene rings is 2. The van der Waals surface area contributed by atoms with E-state index in [0.29, 0.717) is 16.8 Å². The van der Waals surface area contributed by atoms with E-state index in [9.17, 15) is 19.5 Å². The maximum atomic E-state index is 13.1. The van der Waals surface area contributed by atoms with Crippen LogP contribution in [0.5, 0.6) is 0 Å². The van der Waals surface area contributed by atoms with Gasteiger partial charge in [0.15, 0.2) is 4.32 Å². The quantitative estimate of drug-likeness (QED) is 0.621. The summed E-state index contributed by atoms with van der Waals surface area (Å²) in [5.74, 6) is -1.79. The zero-order valence-corrected chi connectivity index (χ0v) is 15.6. The summed E-state index contributed by atoms with van der Waals surface area (Å²) >= 11 is 6.40. The second kappa shape index (κ2) is 6.33. The van der Waals surface area contributed by atoms with Gasteiger partial charge in [0.1, 0.15) is 0 Å². The van der Waals surface area contributed by atoms with Gasteiger partial charge < -0.3 is 10.0 Å². The van der Waals surface area contributed by atoms with Crippen LogP contribution in [-0.4, -0.2) is 34.3 Å². The van der Waals surface area contributed by atoms with E-state index < -0.39 is 11.9 Å². The number of amides is 2. The number of nitrogens with zero attached hydrogens (tertiary/aromatic N) is 2. The van der Waals surface area contributed by atoms with Crippen molar-refractivity contribution in [3.05, 3.63) is 64.6 Å². The molecule has 1 fully saturated rings. The molecule has 2 amide bonds. The van der Waals surface area contributed by atoms with Gasteiger partial charge in [-0.05, 0) is 24.3 Å². The second-order valence-electron chi connectivity index (χ2n) is 5.95. The molecular weight excluding hydrogens is 384 g/mol. The van der Waals surface area contributed by atoms with E-state index in [4.69, 9.17) is 12.2 Å². The molecule has 0 unspecified atom stereocenters. The maximum absolute atomic E-state index is 13.1. The average Bonchev–Trinajstić information content (AvgIpc) is 3.08. The van der Waals surface area contributed by atoms with Crippen LogP contribution in [0.15, 0.2) is 53.4 Å². The molecule has 2 aliphatic heterocycles. The van der Waals surface area contributed by atoms with Crippen molar-refractivity contribution in [3.63, 3.8) is 0 Å². The Morgan fingerprint density at radius 1 is 1.07 bits per heavy atom. The lowest BCUT2D eigenvalue weighted by Crippen LogP contribution is -2.28. The summed E-state index contributed by atoms with van der Waals surface area (Å²) < 4.78 is 0.255. The molecule has 2 aromatic carbocycles. The Labute approximate surface area is 164 Å². The zero-order chi connectivity index (χ0) is 19.3. The minimum absolute atomic E-state index is 0.0521. The number of hydrogen-bond donors (Lipinski definition) is 1. The number of carbonyl (C=O) groups excluding carboxylic acids is 2. The van der Waals surface area contributed by atoms with E-state index in [-0.39, 0.29) is 20.7 Å². The van der Waals surface area contributed by atoms with E-state index in [2.05, 4.69) is 0 Å². The Kier molecular flexibility index (Phi) is 4.09. The minimum atomic E-state index is -1.10. The van der Waals surface area contributed by atoms with Crippen LogP contribution < -0.4 is 9.80 Å². The van der Waals surface area contributed by atoms with Gasteiger partial charge in [-0.15, -0.1) is 0 Å². The lowest BCUT2D eigenvalue weighted by Gasteiger charge is -2.15. The zero-order valence-electron chi connectivity index (χ0n) is 14.0. The number of thioether (sulfide) groups is 1. The summed E-state index contributed by atoms with van der Waals surface area (Å²) in [7, 11) is 1.66. The highest BCUT2D eigenvalue weighted by Gasteiger charge is 2.41. The van der Waals surface area contributed by atoms with Crippen molar-refractivity contribution in [1.29, 1.82) is 0 Å². The first-order chi connectivity index (χ1) is 12.9. The van der Waals surface area contributed by atoms with Crippen LogP contribution in [0.4, 0.5) is 11.4 Å². The standard InChI is InChI=1S/C19H12N2O4S2/c1-20-13-8-3-2-7-12(13)14(16(20)22)15-17(23)21(19(26)27-15)11-6-4-5-10(9-11)18(24)25/h2-9H,1H3,(H,24,25). The van der Waals surface area contributed by atoms with Crippen molar-refractivity contribution in [2.45, 2.75) is 0 Å². The van der Waals surface area contributed by atoms with E-state index >= 15 is 0 Å². The molecule has 0 radical (unpaired) electrons. The monoisotopic (exact) mass is 396 g/mol. The topological polar surface area (TPSA) is 77.9 Å². The molecule has 27 heavy (non-hydrogen) atoms. The number of anilines is 2. The Balaban J connectivity index is 1.83. The smallest absolute Gasteiger partial charge is 0.335 e. The van der Waals surface area contributed by atoms with Crippen LogP contribution in [-0.2, 0) is 9.59 Å². The Morgan fingerprint density at radius 3 is 2.56 bits per heavy atom. The third-order valence-electron chi connectivity index (χ3n) is 4.40. The molecule has 0 aliphatic carbocycles. The summed E-state index contributed by atoms with van der Waals surface area (Å²) in [6, 6.07) is 13.2. The average molecular weight is 396 g/mol. The van der Waals surface area contributed by atoms with Crippen LogP contribution in [0.25, 0.3) is 5.57 Å². The van der Waals surface area contributed by atoms with Crippen molar-refractivity contribution in [2.24, 2.45) is 0 Å². The van der Waals surface area contributed by atoms with Crippen LogP contribution in [0.1, 0.15) is 15.9 Å². The molecule has 1 saturated heterocycles. The molecule has 0 spiro atoms. The SMILES string of the molecule is CN1C(=O)C(=C2SC(=S)N(c3cccc(C(=O)O)c3)C2=O)c2ccccc21. The van der Waals surface area contributed by atoms with E-state index in [1.807, 2.05) is 18.2 Å². The highest BCUT2D eigenvalue weighted by molar-refractivity contribution is 8.27. The van der Waals surface area contributed by atoms with E-state index in [0.717, 1.165) is 17.4 Å². The number of likely N-dealkylation sites (N-methyl/N-ethyl adjacent to an activating group) is 1. The number of rotatable bonds is 2. The minimum Gasteiger partial charge on any atom is -0.478 e. The fourth-order valence-corrected chi connectivity index (χ4v) is 4.48. The summed E-state index contributed by atoms with van der Waals surface area (Å²) in [6.07, 6.45) is 0. The molecule has 2 aromatic rings. The van der Waals surface area contributed by atoms with Crippen LogP contribution >= 0.6 is 24.0 Å². The van der Waals surface area contributed by atoms with E-state index in [1.54, 1.807) is 25.2 Å². The number of thiocarbonyl (C=S) groups is 1. The number of carboxylic acids is 1. The Morgan fingerprint density at radius 2 is 1.81 bits per heavy atom. The third kappa shape index (κ3) is 2.65. The van der Waals surface area contributed by atoms with Gasteiger partial charge in [-0.3, -0.25) is 14.5 Å². The highest BCUT2D eigenvalue weighted by Crippen LogP contribution is 2.45. The summed E-state index contributed by atoms with van der Waals surface area (Å²) in [4.78, 5) is 40.1. The number of para-hydroxylation sites is 1. The number of hydrogen-bond acceptors (Lipinski definition) is 5. The van der Waals surface area contributed by atoms with Gasteiger partial charge >= 0.3 is 5.97 Å². The summed E-state index contributed by atoms with van der Waals surface area (Å²) in [5.41, 5.74) is 2.15. The van der Waals surface area contributed by atoms with Gasteiger partial charge in [0, 0.05) is 12.6 Å². The molecule has 4 rings (SSSR count). The van der Waals surface area contributed by atoms with Crippen LogP contribution in [0.3, 0.4) is 0 Å². The lowest BCUT2D eigenvalue weighted by molar-refractivity contribution is -0.115. The molecule has 134 valence electrons. The van der Waals surface area contributed by atoms with Gasteiger partial charge in [-0.1, -0.05) is 48.2 Å². The highest BCUT2D eigenvalue weighted by atomic mass is 32.2. The maximum Gasteiger partial charge on any atom is 0.335 e. The molecule has 1 N–H and O–H groups in total. The van der Waals surface area contributed by atoms with Gasteiger partial charge in [0.25, 0.3) is 11.8 Å². The molecule has 8 heteroatoms. The van der Waals surface area contributed by atoms with Crippen molar-refractivity contribution >= 4 is 63.0 Å². The van der Waals surface area contributed by atoms with Crippen molar-refractivity contribution < 1.29 is 19.5 Å². The predicted molar refractivity (Wildman–Crippen MR) is 108 cm³/mol.